The number of nitrogens with one attached hydrogen (secondary N) is 1. The minimum Gasteiger partial charge on any atom is -0.378 e. The largest absolute Gasteiger partial charge is 0.378 e. The second-order valence-corrected chi connectivity index (χ2v) is 6.24. The predicted molar refractivity (Wildman–Crippen MR) is 75.3 cm³/mol. The Balaban J connectivity index is 1.63. The number of hydrogen-bond acceptors (Lipinski definition) is 3. The number of aryl methyl sites for hydroxylation is 1. The van der Waals surface area contributed by atoms with Gasteiger partial charge in [-0.3, -0.25) is 0 Å². The fourth-order valence-corrected chi connectivity index (χ4v) is 3.36. The van der Waals surface area contributed by atoms with E-state index in [0.29, 0.717) is 6.10 Å². The number of imidazole rings is 1. The lowest BCUT2D eigenvalue weighted by molar-refractivity contribution is 0.00859. The van der Waals surface area contributed by atoms with Crippen LogP contribution in [0.5, 0.6) is 0 Å². The van der Waals surface area contributed by atoms with Gasteiger partial charge in [0, 0.05) is 37.0 Å². The first-order valence-corrected chi connectivity index (χ1v) is 7.61. The molecule has 4 heteroatoms. The molecule has 0 amide bonds. The van der Waals surface area contributed by atoms with Crippen molar-refractivity contribution in [2.45, 2.75) is 57.1 Å². The lowest BCUT2D eigenvalue weighted by atomic mass is 9.86. The maximum Gasteiger partial charge on any atom is 0.0948 e. The van der Waals surface area contributed by atoms with Gasteiger partial charge in [-0.2, -0.15) is 0 Å². The SMILES string of the molecule is CC1(c2cncn2CCC2CCCCO2)CCNC1. The van der Waals surface area contributed by atoms with Crippen LogP contribution in [0.25, 0.3) is 0 Å². The number of rotatable bonds is 4. The lowest BCUT2D eigenvalue weighted by Crippen LogP contribution is -2.29. The molecule has 0 spiro atoms. The molecule has 1 aromatic rings. The van der Waals surface area contributed by atoms with E-state index >= 15 is 0 Å². The minimum atomic E-state index is 0.254. The van der Waals surface area contributed by atoms with Crippen LogP contribution < -0.4 is 5.32 Å². The van der Waals surface area contributed by atoms with Gasteiger partial charge in [-0.1, -0.05) is 6.92 Å². The summed E-state index contributed by atoms with van der Waals surface area (Å²) in [5, 5.41) is 3.47. The molecule has 2 saturated heterocycles. The molecule has 2 aliphatic rings. The summed E-state index contributed by atoms with van der Waals surface area (Å²) in [5.74, 6) is 0. The lowest BCUT2D eigenvalue weighted by Gasteiger charge is -2.26. The highest BCUT2D eigenvalue weighted by Crippen LogP contribution is 2.30. The molecule has 4 nitrogen and oxygen atoms in total. The van der Waals surface area contributed by atoms with E-state index in [1.807, 2.05) is 6.33 Å². The van der Waals surface area contributed by atoms with Crippen LogP contribution in [-0.4, -0.2) is 35.4 Å². The monoisotopic (exact) mass is 263 g/mol. The van der Waals surface area contributed by atoms with Crippen molar-refractivity contribution in [3.63, 3.8) is 0 Å². The third-order valence-electron chi connectivity index (χ3n) is 4.67. The van der Waals surface area contributed by atoms with Gasteiger partial charge in [-0.05, 0) is 38.6 Å². The smallest absolute Gasteiger partial charge is 0.0948 e. The van der Waals surface area contributed by atoms with Gasteiger partial charge in [0.2, 0.25) is 0 Å². The van der Waals surface area contributed by atoms with Crippen molar-refractivity contribution in [3.05, 3.63) is 18.2 Å². The predicted octanol–water partition coefficient (Wildman–Crippen LogP) is 2.09. The Morgan fingerprint density at radius 3 is 3.21 bits per heavy atom. The van der Waals surface area contributed by atoms with Crippen LogP contribution in [0.2, 0.25) is 0 Å². The molecule has 3 rings (SSSR count). The van der Waals surface area contributed by atoms with Gasteiger partial charge in [0.15, 0.2) is 0 Å². The summed E-state index contributed by atoms with van der Waals surface area (Å²) in [6.07, 6.45) is 10.6. The summed E-state index contributed by atoms with van der Waals surface area (Å²) < 4.78 is 8.16. The van der Waals surface area contributed by atoms with E-state index in [-0.39, 0.29) is 5.41 Å². The zero-order chi connectivity index (χ0) is 13.1. The summed E-state index contributed by atoms with van der Waals surface area (Å²) in [7, 11) is 0. The quantitative estimate of drug-likeness (QED) is 0.904. The molecule has 3 heterocycles. The average molecular weight is 263 g/mol. The number of hydrogen-bond donors (Lipinski definition) is 1. The van der Waals surface area contributed by atoms with E-state index in [1.54, 1.807) is 0 Å². The van der Waals surface area contributed by atoms with Crippen LogP contribution in [0.4, 0.5) is 0 Å². The van der Waals surface area contributed by atoms with E-state index in [2.05, 4.69) is 28.0 Å². The first-order chi connectivity index (χ1) is 9.28. The topological polar surface area (TPSA) is 39.1 Å². The second-order valence-electron chi connectivity index (χ2n) is 6.24. The van der Waals surface area contributed by atoms with Crippen LogP contribution in [-0.2, 0) is 16.7 Å². The van der Waals surface area contributed by atoms with E-state index < -0.39 is 0 Å². The van der Waals surface area contributed by atoms with Gasteiger partial charge >= 0.3 is 0 Å². The molecule has 106 valence electrons. The Hall–Kier alpha value is -0.870. The first kappa shape index (κ1) is 13.1. The van der Waals surface area contributed by atoms with Gasteiger partial charge in [-0.15, -0.1) is 0 Å². The summed E-state index contributed by atoms with van der Waals surface area (Å²) >= 11 is 0. The van der Waals surface area contributed by atoms with E-state index in [0.717, 1.165) is 32.7 Å². The van der Waals surface area contributed by atoms with E-state index in [4.69, 9.17) is 4.74 Å². The maximum atomic E-state index is 5.82. The third kappa shape index (κ3) is 2.84. The maximum absolute atomic E-state index is 5.82. The number of aromatic nitrogens is 2. The van der Waals surface area contributed by atoms with Crippen molar-refractivity contribution >= 4 is 0 Å². The second kappa shape index (κ2) is 5.63. The van der Waals surface area contributed by atoms with Crippen molar-refractivity contribution in [1.82, 2.24) is 14.9 Å². The molecular formula is C15H25N3O. The van der Waals surface area contributed by atoms with Crippen molar-refractivity contribution in [1.29, 1.82) is 0 Å². The molecule has 2 unspecified atom stereocenters. The van der Waals surface area contributed by atoms with Crippen LogP contribution in [0.3, 0.4) is 0 Å². The standard InChI is InChI=1S/C15H25N3O/c1-15(6-7-16-11-15)14-10-17-12-18(14)8-5-13-4-2-3-9-19-13/h10,12-13,16H,2-9,11H2,1H3. The Bertz CT molecular complexity index is 403. The number of nitrogens with zero attached hydrogens (tertiary/aromatic N) is 2. The van der Waals surface area contributed by atoms with Gasteiger partial charge in [0.05, 0.1) is 12.4 Å². The van der Waals surface area contributed by atoms with Crippen molar-refractivity contribution in [2.75, 3.05) is 19.7 Å². The Kier molecular flexibility index (Phi) is 3.89. The molecule has 2 atom stereocenters. The first-order valence-electron chi connectivity index (χ1n) is 7.61. The van der Waals surface area contributed by atoms with Gasteiger partial charge in [0.25, 0.3) is 0 Å². The molecule has 19 heavy (non-hydrogen) atoms. The van der Waals surface area contributed by atoms with Crippen LogP contribution >= 0.6 is 0 Å². The average Bonchev–Trinajstić information content (AvgIpc) is 3.07. The van der Waals surface area contributed by atoms with Crippen LogP contribution in [0.15, 0.2) is 12.5 Å². The fraction of sp³-hybridized carbons (Fsp3) is 0.800. The number of ether oxygens (including phenoxy) is 1. The highest BCUT2D eigenvalue weighted by Gasteiger charge is 2.33. The molecular weight excluding hydrogens is 238 g/mol. The molecule has 0 aliphatic carbocycles. The van der Waals surface area contributed by atoms with Crippen molar-refractivity contribution in [3.8, 4) is 0 Å². The highest BCUT2D eigenvalue weighted by atomic mass is 16.5. The molecule has 0 radical (unpaired) electrons. The molecule has 2 aliphatic heterocycles. The Labute approximate surface area is 115 Å². The van der Waals surface area contributed by atoms with E-state index in [1.165, 1.54) is 31.4 Å². The molecule has 0 saturated carbocycles. The van der Waals surface area contributed by atoms with E-state index in [9.17, 15) is 0 Å². The van der Waals surface area contributed by atoms with Crippen LogP contribution in [0.1, 0.15) is 44.7 Å². The van der Waals surface area contributed by atoms with Crippen molar-refractivity contribution < 1.29 is 4.74 Å². The molecule has 1 N–H and O–H groups in total. The van der Waals surface area contributed by atoms with Crippen molar-refractivity contribution in [2.24, 2.45) is 0 Å². The normalized spacial score (nSPS) is 31.7. The zero-order valence-corrected chi connectivity index (χ0v) is 11.9. The molecule has 2 fully saturated rings. The molecule has 0 bridgehead atoms. The summed E-state index contributed by atoms with van der Waals surface area (Å²) in [5.41, 5.74) is 1.64. The van der Waals surface area contributed by atoms with Gasteiger partial charge in [-0.25, -0.2) is 4.98 Å². The zero-order valence-electron chi connectivity index (χ0n) is 11.9. The summed E-state index contributed by atoms with van der Waals surface area (Å²) in [6.45, 7) is 6.52. The van der Waals surface area contributed by atoms with Crippen LogP contribution in [0, 0.1) is 0 Å². The Morgan fingerprint density at radius 1 is 1.53 bits per heavy atom. The summed E-state index contributed by atoms with van der Waals surface area (Å²) in [4.78, 5) is 4.37. The molecule has 0 aromatic carbocycles. The third-order valence-corrected chi connectivity index (χ3v) is 4.67. The highest BCUT2D eigenvalue weighted by molar-refractivity contribution is 5.17. The van der Waals surface area contributed by atoms with Gasteiger partial charge in [0.1, 0.15) is 0 Å². The summed E-state index contributed by atoms with van der Waals surface area (Å²) in [6, 6.07) is 0. The van der Waals surface area contributed by atoms with Gasteiger partial charge < -0.3 is 14.6 Å². The fourth-order valence-electron chi connectivity index (χ4n) is 3.36. The minimum absolute atomic E-state index is 0.254. The Morgan fingerprint density at radius 2 is 2.47 bits per heavy atom. The molecule has 1 aromatic heterocycles.